The van der Waals surface area contributed by atoms with Gasteiger partial charge < -0.3 is 10.5 Å². The van der Waals surface area contributed by atoms with E-state index in [9.17, 15) is 4.79 Å². The molecule has 0 heterocycles. The highest BCUT2D eigenvalue weighted by molar-refractivity contribution is 5.89. The number of carbonyl (C=O) groups is 1. The fourth-order valence-electron chi connectivity index (χ4n) is 2.00. The molecule has 1 aliphatic rings. The molecular formula is C13H17NO2. The van der Waals surface area contributed by atoms with Crippen molar-refractivity contribution < 1.29 is 9.53 Å². The molecule has 0 aliphatic heterocycles. The van der Waals surface area contributed by atoms with Crippen LogP contribution in [-0.4, -0.2) is 18.1 Å². The first kappa shape index (κ1) is 11.1. The SMILES string of the molecule is N[C@H]1CC[C@H](OC(=O)c2ccccc2)CC1. The van der Waals surface area contributed by atoms with Crippen LogP contribution in [0.3, 0.4) is 0 Å². The highest BCUT2D eigenvalue weighted by Gasteiger charge is 2.22. The number of rotatable bonds is 2. The van der Waals surface area contributed by atoms with Crippen LogP contribution in [0, 0.1) is 0 Å². The molecule has 0 saturated heterocycles. The number of benzene rings is 1. The zero-order valence-electron chi connectivity index (χ0n) is 9.26. The van der Waals surface area contributed by atoms with Gasteiger partial charge in [-0.05, 0) is 37.8 Å². The molecule has 2 rings (SSSR count). The summed E-state index contributed by atoms with van der Waals surface area (Å²) in [6.07, 6.45) is 3.73. The third kappa shape index (κ3) is 2.83. The zero-order valence-corrected chi connectivity index (χ0v) is 9.26. The standard InChI is InChI=1S/C13H17NO2/c14-11-6-8-12(9-7-11)16-13(15)10-4-2-1-3-5-10/h1-5,11-12H,6-9,14H2/t11-,12-. The molecule has 1 aromatic carbocycles. The highest BCUT2D eigenvalue weighted by Crippen LogP contribution is 2.20. The van der Waals surface area contributed by atoms with E-state index >= 15 is 0 Å². The molecule has 0 spiro atoms. The van der Waals surface area contributed by atoms with E-state index in [-0.39, 0.29) is 18.1 Å². The van der Waals surface area contributed by atoms with Gasteiger partial charge >= 0.3 is 5.97 Å². The summed E-state index contributed by atoms with van der Waals surface area (Å²) < 4.78 is 5.43. The van der Waals surface area contributed by atoms with Crippen molar-refractivity contribution in [1.29, 1.82) is 0 Å². The van der Waals surface area contributed by atoms with Crippen LogP contribution in [0.25, 0.3) is 0 Å². The molecule has 2 N–H and O–H groups in total. The van der Waals surface area contributed by atoms with E-state index in [1.165, 1.54) is 0 Å². The van der Waals surface area contributed by atoms with Crippen molar-refractivity contribution in [2.45, 2.75) is 37.8 Å². The average Bonchev–Trinajstić information content (AvgIpc) is 2.33. The van der Waals surface area contributed by atoms with Crippen molar-refractivity contribution in [2.24, 2.45) is 5.73 Å². The highest BCUT2D eigenvalue weighted by atomic mass is 16.5. The number of nitrogens with two attached hydrogens (primary N) is 1. The van der Waals surface area contributed by atoms with E-state index in [2.05, 4.69) is 0 Å². The van der Waals surface area contributed by atoms with Crippen LogP contribution < -0.4 is 5.73 Å². The predicted molar refractivity (Wildman–Crippen MR) is 62.1 cm³/mol. The molecule has 0 bridgehead atoms. The molecule has 1 aliphatic carbocycles. The molecule has 3 nitrogen and oxygen atoms in total. The number of hydrogen-bond donors (Lipinski definition) is 1. The molecule has 3 heteroatoms. The molecule has 1 fully saturated rings. The molecule has 0 unspecified atom stereocenters. The van der Waals surface area contributed by atoms with Crippen molar-refractivity contribution in [2.75, 3.05) is 0 Å². The largest absolute Gasteiger partial charge is 0.459 e. The summed E-state index contributed by atoms with van der Waals surface area (Å²) in [5.74, 6) is -0.221. The maximum atomic E-state index is 11.7. The fourth-order valence-corrected chi connectivity index (χ4v) is 2.00. The summed E-state index contributed by atoms with van der Waals surface area (Å²) >= 11 is 0. The van der Waals surface area contributed by atoms with Gasteiger partial charge in [0.2, 0.25) is 0 Å². The Morgan fingerprint density at radius 2 is 1.75 bits per heavy atom. The normalized spacial score (nSPS) is 25.1. The Hall–Kier alpha value is -1.35. The molecular weight excluding hydrogens is 202 g/mol. The molecule has 0 radical (unpaired) electrons. The Bertz CT molecular complexity index is 342. The lowest BCUT2D eigenvalue weighted by Gasteiger charge is -2.25. The molecule has 86 valence electrons. The first-order valence-electron chi connectivity index (χ1n) is 5.77. The van der Waals surface area contributed by atoms with E-state index in [1.54, 1.807) is 12.1 Å². The summed E-state index contributed by atoms with van der Waals surface area (Å²) in [6, 6.07) is 9.40. The lowest BCUT2D eigenvalue weighted by atomic mass is 9.94. The monoisotopic (exact) mass is 219 g/mol. The summed E-state index contributed by atoms with van der Waals surface area (Å²) in [4.78, 5) is 11.7. The first-order valence-corrected chi connectivity index (χ1v) is 5.77. The van der Waals surface area contributed by atoms with E-state index in [4.69, 9.17) is 10.5 Å². The van der Waals surface area contributed by atoms with Crippen LogP contribution in [0.5, 0.6) is 0 Å². The van der Waals surface area contributed by atoms with Gasteiger partial charge in [0.1, 0.15) is 6.10 Å². The maximum absolute atomic E-state index is 11.7. The molecule has 0 aromatic heterocycles. The molecule has 0 atom stereocenters. The minimum Gasteiger partial charge on any atom is -0.459 e. The Morgan fingerprint density at radius 1 is 1.12 bits per heavy atom. The zero-order chi connectivity index (χ0) is 11.4. The topological polar surface area (TPSA) is 52.3 Å². The van der Waals surface area contributed by atoms with Gasteiger partial charge in [-0.3, -0.25) is 0 Å². The number of esters is 1. The second-order valence-electron chi connectivity index (χ2n) is 4.31. The van der Waals surface area contributed by atoms with Crippen molar-refractivity contribution in [3.63, 3.8) is 0 Å². The molecule has 0 amide bonds. The van der Waals surface area contributed by atoms with Crippen LogP contribution in [0.1, 0.15) is 36.0 Å². The van der Waals surface area contributed by atoms with Gasteiger partial charge in [0.05, 0.1) is 5.56 Å². The summed E-state index contributed by atoms with van der Waals surface area (Å²) in [6.45, 7) is 0. The van der Waals surface area contributed by atoms with Gasteiger partial charge in [0.15, 0.2) is 0 Å². The lowest BCUT2D eigenvalue weighted by Crippen LogP contribution is -2.31. The first-order chi connectivity index (χ1) is 7.75. The summed E-state index contributed by atoms with van der Waals surface area (Å²) in [7, 11) is 0. The molecule has 1 aromatic rings. The van der Waals surface area contributed by atoms with Crippen LogP contribution in [-0.2, 0) is 4.74 Å². The van der Waals surface area contributed by atoms with Gasteiger partial charge in [-0.1, -0.05) is 18.2 Å². The third-order valence-electron chi connectivity index (χ3n) is 3.00. The van der Waals surface area contributed by atoms with E-state index < -0.39 is 0 Å². The number of carbonyl (C=O) groups excluding carboxylic acids is 1. The fraction of sp³-hybridized carbons (Fsp3) is 0.462. The van der Waals surface area contributed by atoms with Gasteiger partial charge in [-0.15, -0.1) is 0 Å². The predicted octanol–water partition coefficient (Wildman–Crippen LogP) is 2.11. The van der Waals surface area contributed by atoms with Crippen LogP contribution in [0.15, 0.2) is 30.3 Å². The van der Waals surface area contributed by atoms with Gasteiger partial charge in [0.25, 0.3) is 0 Å². The summed E-state index contributed by atoms with van der Waals surface area (Å²) in [5.41, 5.74) is 6.42. The van der Waals surface area contributed by atoms with Gasteiger partial charge in [-0.2, -0.15) is 0 Å². The third-order valence-corrected chi connectivity index (χ3v) is 3.00. The van der Waals surface area contributed by atoms with E-state index in [1.807, 2.05) is 18.2 Å². The van der Waals surface area contributed by atoms with E-state index in [0.717, 1.165) is 25.7 Å². The Balaban J connectivity index is 1.88. The van der Waals surface area contributed by atoms with Gasteiger partial charge in [0, 0.05) is 6.04 Å². The van der Waals surface area contributed by atoms with Crippen molar-refractivity contribution in [3.8, 4) is 0 Å². The maximum Gasteiger partial charge on any atom is 0.338 e. The quantitative estimate of drug-likeness (QED) is 0.775. The van der Waals surface area contributed by atoms with Crippen molar-refractivity contribution in [3.05, 3.63) is 35.9 Å². The second-order valence-corrected chi connectivity index (χ2v) is 4.31. The van der Waals surface area contributed by atoms with Crippen molar-refractivity contribution in [1.82, 2.24) is 0 Å². The van der Waals surface area contributed by atoms with Gasteiger partial charge in [-0.25, -0.2) is 4.79 Å². The minimum atomic E-state index is -0.221. The Kier molecular flexibility index (Phi) is 3.57. The lowest BCUT2D eigenvalue weighted by molar-refractivity contribution is 0.0197. The molecule has 16 heavy (non-hydrogen) atoms. The average molecular weight is 219 g/mol. The van der Waals surface area contributed by atoms with Crippen molar-refractivity contribution >= 4 is 5.97 Å². The minimum absolute atomic E-state index is 0.0486. The van der Waals surface area contributed by atoms with Crippen LogP contribution in [0.2, 0.25) is 0 Å². The smallest absolute Gasteiger partial charge is 0.338 e. The van der Waals surface area contributed by atoms with Crippen LogP contribution >= 0.6 is 0 Å². The second kappa shape index (κ2) is 5.12. The van der Waals surface area contributed by atoms with Crippen LogP contribution in [0.4, 0.5) is 0 Å². The van der Waals surface area contributed by atoms with E-state index in [0.29, 0.717) is 5.56 Å². The number of ether oxygens (including phenoxy) is 1. The molecule has 1 saturated carbocycles. The Labute approximate surface area is 95.6 Å². The summed E-state index contributed by atoms with van der Waals surface area (Å²) in [5, 5.41) is 0. The Morgan fingerprint density at radius 3 is 2.38 bits per heavy atom. The number of hydrogen-bond acceptors (Lipinski definition) is 3.